The molecule has 3 aliphatic rings. The Morgan fingerprint density at radius 2 is 1.71 bits per heavy atom. The summed E-state index contributed by atoms with van der Waals surface area (Å²) >= 11 is 0. The lowest BCUT2D eigenvalue weighted by Gasteiger charge is -2.33. The zero-order chi connectivity index (χ0) is 23.6. The fourth-order valence-corrected chi connectivity index (χ4v) is 6.54. The molecule has 1 atom stereocenters. The molecule has 0 bridgehead atoms. The van der Waals surface area contributed by atoms with E-state index < -0.39 is 0 Å². The van der Waals surface area contributed by atoms with Crippen LogP contribution in [0.25, 0.3) is 0 Å². The zero-order valence-electron chi connectivity index (χ0n) is 20.6. The van der Waals surface area contributed by atoms with Gasteiger partial charge in [0.2, 0.25) is 5.91 Å². The van der Waals surface area contributed by atoms with E-state index in [4.69, 9.17) is 9.47 Å². The van der Waals surface area contributed by atoms with Crippen LogP contribution in [0.4, 0.5) is 0 Å². The van der Waals surface area contributed by atoms with Crippen molar-refractivity contribution in [3.63, 3.8) is 0 Å². The maximum atomic E-state index is 13.2. The number of piperidine rings is 1. The van der Waals surface area contributed by atoms with E-state index in [0.29, 0.717) is 0 Å². The van der Waals surface area contributed by atoms with Gasteiger partial charge in [-0.05, 0) is 62.2 Å². The van der Waals surface area contributed by atoms with Crippen molar-refractivity contribution in [3.05, 3.63) is 59.7 Å². The van der Waals surface area contributed by atoms with Crippen molar-refractivity contribution in [1.82, 2.24) is 10.2 Å². The van der Waals surface area contributed by atoms with Crippen molar-refractivity contribution in [1.29, 1.82) is 0 Å². The van der Waals surface area contributed by atoms with Crippen molar-refractivity contribution in [2.24, 2.45) is 11.3 Å². The van der Waals surface area contributed by atoms with E-state index in [1.165, 1.54) is 31.2 Å². The fraction of sp³-hybridized carbons (Fsp3) is 0.552. The summed E-state index contributed by atoms with van der Waals surface area (Å²) in [6.45, 7) is 3.69. The molecule has 182 valence electrons. The number of nitrogens with zero attached hydrogens (tertiary/aromatic N) is 1. The van der Waals surface area contributed by atoms with Gasteiger partial charge in [-0.15, -0.1) is 0 Å². The van der Waals surface area contributed by atoms with Crippen molar-refractivity contribution in [3.8, 4) is 11.5 Å². The topological polar surface area (TPSA) is 50.8 Å². The van der Waals surface area contributed by atoms with Gasteiger partial charge in [-0.2, -0.15) is 0 Å². The van der Waals surface area contributed by atoms with Crippen LogP contribution in [0, 0.1) is 11.3 Å². The average Bonchev–Trinajstić information content (AvgIpc) is 3.36. The van der Waals surface area contributed by atoms with Crippen LogP contribution >= 0.6 is 0 Å². The molecule has 1 spiro atoms. The highest BCUT2D eigenvalue weighted by Gasteiger charge is 2.58. The van der Waals surface area contributed by atoms with Gasteiger partial charge < -0.3 is 14.8 Å². The van der Waals surface area contributed by atoms with Crippen LogP contribution in [0.3, 0.4) is 0 Å². The monoisotopic (exact) mass is 462 g/mol. The Hall–Kier alpha value is -2.53. The summed E-state index contributed by atoms with van der Waals surface area (Å²) in [6, 6.07) is 16.9. The molecule has 1 unspecified atom stereocenters. The Balaban J connectivity index is 1.15. The minimum atomic E-state index is 0.123. The normalized spacial score (nSPS) is 22.9. The molecule has 5 heteroatoms. The summed E-state index contributed by atoms with van der Waals surface area (Å²) in [5, 5.41) is 3.39. The maximum absolute atomic E-state index is 13.2. The van der Waals surface area contributed by atoms with E-state index in [1.54, 1.807) is 14.2 Å². The summed E-state index contributed by atoms with van der Waals surface area (Å²) in [5.41, 5.74) is 2.89. The maximum Gasteiger partial charge on any atom is 0.223 e. The van der Waals surface area contributed by atoms with Gasteiger partial charge in [0.1, 0.15) is 0 Å². The summed E-state index contributed by atoms with van der Waals surface area (Å²) < 4.78 is 11.1. The number of amides is 1. The molecule has 2 saturated carbocycles. The second kappa shape index (κ2) is 9.61. The Labute approximate surface area is 203 Å². The van der Waals surface area contributed by atoms with Crippen LogP contribution < -0.4 is 14.8 Å². The van der Waals surface area contributed by atoms with Gasteiger partial charge in [0.15, 0.2) is 11.5 Å². The lowest BCUT2D eigenvalue weighted by atomic mass is 9.78. The largest absolute Gasteiger partial charge is 0.493 e. The average molecular weight is 463 g/mol. The van der Waals surface area contributed by atoms with Crippen LogP contribution in [0.1, 0.15) is 56.1 Å². The van der Waals surface area contributed by atoms with Crippen LogP contribution in [0.15, 0.2) is 48.5 Å². The predicted octanol–water partition coefficient (Wildman–Crippen LogP) is 4.93. The third kappa shape index (κ3) is 4.43. The third-order valence-electron chi connectivity index (χ3n) is 8.78. The standard InChI is InChI=1S/C29H38N2O3/c1-33-25-12-8-9-22(26(25)34-2)20-31-17-15-28(16-18-31)19-24(28)27(32)30-21-29(13-6-7-14-29)23-10-4-3-5-11-23/h3-5,8-12,24H,6-7,13-21H2,1-2H3,(H,30,32). The number of para-hydroxylation sites is 1. The summed E-state index contributed by atoms with van der Waals surface area (Å²) in [5.74, 6) is 2.08. The number of likely N-dealkylation sites (tertiary alicyclic amines) is 1. The molecule has 34 heavy (non-hydrogen) atoms. The van der Waals surface area contributed by atoms with Crippen LogP contribution in [0.2, 0.25) is 0 Å². The molecule has 0 aromatic heterocycles. The van der Waals surface area contributed by atoms with Crippen molar-refractivity contribution in [2.75, 3.05) is 33.9 Å². The number of hydrogen-bond donors (Lipinski definition) is 1. The second-order valence-electron chi connectivity index (χ2n) is 10.6. The first-order chi connectivity index (χ1) is 16.6. The zero-order valence-corrected chi connectivity index (χ0v) is 20.6. The number of carbonyl (C=O) groups is 1. The molecule has 2 aliphatic carbocycles. The van der Waals surface area contributed by atoms with Crippen LogP contribution in [0.5, 0.6) is 11.5 Å². The number of methoxy groups -OCH3 is 2. The fourth-order valence-electron chi connectivity index (χ4n) is 6.54. The third-order valence-corrected chi connectivity index (χ3v) is 8.78. The molecule has 3 fully saturated rings. The Morgan fingerprint density at radius 1 is 0.971 bits per heavy atom. The molecule has 1 aliphatic heterocycles. The van der Waals surface area contributed by atoms with Crippen molar-refractivity contribution in [2.45, 2.75) is 56.9 Å². The molecular formula is C29H38N2O3. The molecule has 1 saturated heterocycles. The van der Waals surface area contributed by atoms with Gasteiger partial charge in [-0.25, -0.2) is 0 Å². The smallest absolute Gasteiger partial charge is 0.223 e. The number of ether oxygens (including phenoxy) is 2. The highest BCUT2D eigenvalue weighted by atomic mass is 16.5. The van der Waals surface area contributed by atoms with E-state index in [2.05, 4.69) is 46.6 Å². The molecule has 0 radical (unpaired) electrons. The van der Waals surface area contributed by atoms with Gasteiger partial charge in [-0.3, -0.25) is 9.69 Å². The first kappa shape index (κ1) is 23.2. The van der Waals surface area contributed by atoms with E-state index in [9.17, 15) is 4.79 Å². The minimum Gasteiger partial charge on any atom is -0.493 e. The van der Waals surface area contributed by atoms with Gasteiger partial charge in [0.25, 0.3) is 0 Å². The number of carbonyl (C=O) groups excluding carboxylic acids is 1. The lowest BCUT2D eigenvalue weighted by molar-refractivity contribution is -0.123. The van der Waals surface area contributed by atoms with Crippen molar-refractivity contribution < 1.29 is 14.3 Å². The van der Waals surface area contributed by atoms with E-state index in [0.717, 1.165) is 62.5 Å². The molecule has 5 nitrogen and oxygen atoms in total. The summed E-state index contributed by atoms with van der Waals surface area (Å²) in [4.78, 5) is 15.7. The molecule has 5 rings (SSSR count). The Morgan fingerprint density at radius 3 is 2.38 bits per heavy atom. The molecule has 1 N–H and O–H groups in total. The number of nitrogens with one attached hydrogen (secondary N) is 1. The van der Waals surface area contributed by atoms with Crippen molar-refractivity contribution >= 4 is 5.91 Å². The Bertz CT molecular complexity index is 992. The number of hydrogen-bond acceptors (Lipinski definition) is 4. The van der Waals surface area contributed by atoms with Gasteiger partial charge in [-0.1, -0.05) is 55.3 Å². The van der Waals surface area contributed by atoms with E-state index in [-0.39, 0.29) is 22.7 Å². The number of benzene rings is 2. The number of rotatable bonds is 8. The van der Waals surface area contributed by atoms with Crippen LogP contribution in [-0.2, 0) is 16.8 Å². The quantitative estimate of drug-likeness (QED) is 0.604. The highest BCUT2D eigenvalue weighted by molar-refractivity contribution is 5.82. The van der Waals surface area contributed by atoms with E-state index in [1.807, 2.05) is 12.1 Å². The summed E-state index contributed by atoms with van der Waals surface area (Å²) in [6.07, 6.45) is 8.11. The minimum absolute atomic E-state index is 0.123. The first-order valence-corrected chi connectivity index (χ1v) is 12.8. The van der Waals surface area contributed by atoms with E-state index >= 15 is 0 Å². The lowest BCUT2D eigenvalue weighted by Crippen LogP contribution is -2.41. The van der Waals surface area contributed by atoms with Gasteiger partial charge in [0, 0.05) is 30.0 Å². The SMILES string of the molecule is COc1cccc(CN2CCC3(CC2)CC3C(=O)NCC2(c3ccccc3)CCCC2)c1OC. The molecular weight excluding hydrogens is 424 g/mol. The molecule has 1 amide bonds. The second-order valence-corrected chi connectivity index (χ2v) is 10.6. The predicted molar refractivity (Wildman–Crippen MR) is 134 cm³/mol. The van der Waals surface area contributed by atoms with Gasteiger partial charge >= 0.3 is 0 Å². The molecule has 1 heterocycles. The molecule has 2 aromatic carbocycles. The summed E-state index contributed by atoms with van der Waals surface area (Å²) in [7, 11) is 3.38. The van der Waals surface area contributed by atoms with Crippen LogP contribution in [-0.4, -0.2) is 44.7 Å². The Kier molecular flexibility index (Phi) is 6.57. The highest BCUT2D eigenvalue weighted by Crippen LogP contribution is 2.59. The first-order valence-electron chi connectivity index (χ1n) is 12.8. The van der Waals surface area contributed by atoms with Gasteiger partial charge in [0.05, 0.1) is 14.2 Å². The molecule has 2 aromatic rings.